The van der Waals surface area contributed by atoms with Crippen molar-refractivity contribution in [3.8, 4) is 0 Å². The van der Waals surface area contributed by atoms with Crippen molar-refractivity contribution in [1.82, 2.24) is 0 Å². The third-order valence-corrected chi connectivity index (χ3v) is 12.0. The molecule has 0 aromatic heterocycles. The molecule has 1 saturated heterocycles. The Hall–Kier alpha value is -1.69. The van der Waals surface area contributed by atoms with Gasteiger partial charge in [-0.1, -0.05) is 33.3 Å². The van der Waals surface area contributed by atoms with E-state index in [2.05, 4.69) is 20.8 Å². The maximum absolute atomic E-state index is 14.2. The van der Waals surface area contributed by atoms with Gasteiger partial charge in [0.2, 0.25) is 0 Å². The highest BCUT2D eigenvalue weighted by molar-refractivity contribution is 6.02. The summed E-state index contributed by atoms with van der Waals surface area (Å²) >= 11 is 0. The van der Waals surface area contributed by atoms with Crippen molar-refractivity contribution in [1.29, 1.82) is 0 Å². The zero-order valence-electron chi connectivity index (χ0n) is 22.7. The Labute approximate surface area is 209 Å². The van der Waals surface area contributed by atoms with Crippen LogP contribution in [-0.2, 0) is 23.9 Å². The van der Waals surface area contributed by atoms with E-state index >= 15 is 0 Å². The standard InChI is InChI=1S/C29H42O6/c1-23(2)11-13-28(22(32)34-8)14-12-25(5)17(18(28)16-23)15-20(30)29(33)26(25,6)10-9-19-24(3,4)21(31)35-27(19,29)7/h15,18-19,33H,9-14,16H2,1-8H3/t18-,19+,25-,26+,27-,28+,29-/m1/s1. The molecule has 3 saturated carbocycles. The fourth-order valence-corrected chi connectivity index (χ4v) is 9.49. The van der Waals surface area contributed by atoms with Crippen molar-refractivity contribution >= 4 is 17.7 Å². The summed E-state index contributed by atoms with van der Waals surface area (Å²) in [5.74, 6) is -1.28. The minimum Gasteiger partial charge on any atom is -0.469 e. The predicted octanol–water partition coefficient (Wildman–Crippen LogP) is 4.77. The largest absolute Gasteiger partial charge is 0.469 e. The SMILES string of the molecule is COC(=O)[C@]12CCC(C)(C)C[C@@H]1C1=CC(=O)[C@@]3(O)[C@@](C)(CC[C@H]4C(C)(C)C(=O)O[C@]43C)[C@]1(C)CC2. The number of carbonyl (C=O) groups excluding carboxylic acids is 3. The monoisotopic (exact) mass is 486 g/mol. The van der Waals surface area contributed by atoms with Crippen LogP contribution in [0.5, 0.6) is 0 Å². The molecule has 5 aliphatic rings. The molecule has 6 heteroatoms. The van der Waals surface area contributed by atoms with Gasteiger partial charge >= 0.3 is 11.9 Å². The molecule has 0 aromatic carbocycles. The first-order chi connectivity index (χ1) is 16.0. The van der Waals surface area contributed by atoms with Crippen LogP contribution in [0.3, 0.4) is 0 Å². The molecule has 4 fully saturated rings. The summed E-state index contributed by atoms with van der Waals surface area (Å²) in [6.07, 6.45) is 6.78. The summed E-state index contributed by atoms with van der Waals surface area (Å²) in [5.41, 5.74) is -4.86. The minimum absolute atomic E-state index is 0.0353. The van der Waals surface area contributed by atoms with Gasteiger partial charge in [0.15, 0.2) is 11.4 Å². The zero-order chi connectivity index (χ0) is 26.0. The predicted molar refractivity (Wildman–Crippen MR) is 130 cm³/mol. The van der Waals surface area contributed by atoms with Crippen LogP contribution < -0.4 is 0 Å². The maximum Gasteiger partial charge on any atom is 0.312 e. The van der Waals surface area contributed by atoms with Gasteiger partial charge in [0.05, 0.1) is 17.9 Å². The first-order valence-electron chi connectivity index (χ1n) is 13.3. The molecular weight excluding hydrogens is 444 g/mol. The second-order valence-electron chi connectivity index (χ2n) is 14.2. The lowest BCUT2D eigenvalue weighted by Crippen LogP contribution is -2.77. The molecule has 7 atom stereocenters. The fourth-order valence-electron chi connectivity index (χ4n) is 9.49. The van der Waals surface area contributed by atoms with Gasteiger partial charge in [0, 0.05) is 11.3 Å². The van der Waals surface area contributed by atoms with E-state index < -0.39 is 32.9 Å². The van der Waals surface area contributed by atoms with Gasteiger partial charge in [-0.05, 0) is 88.5 Å². The molecule has 0 aromatic rings. The topological polar surface area (TPSA) is 89.9 Å². The molecule has 1 heterocycles. The normalized spacial score (nSPS) is 49.6. The van der Waals surface area contributed by atoms with E-state index in [-0.39, 0.29) is 35.0 Å². The lowest BCUT2D eigenvalue weighted by atomic mass is 9.35. The van der Waals surface area contributed by atoms with Gasteiger partial charge in [-0.25, -0.2) is 0 Å². The molecule has 0 radical (unpaired) electrons. The van der Waals surface area contributed by atoms with Crippen LogP contribution in [0.15, 0.2) is 11.6 Å². The first kappa shape index (κ1) is 25.0. The van der Waals surface area contributed by atoms with Crippen LogP contribution in [0.25, 0.3) is 0 Å². The van der Waals surface area contributed by atoms with Crippen LogP contribution in [0, 0.1) is 38.9 Å². The van der Waals surface area contributed by atoms with Gasteiger partial charge in [-0.3, -0.25) is 14.4 Å². The number of carbonyl (C=O) groups is 3. The van der Waals surface area contributed by atoms with Crippen molar-refractivity contribution in [3.05, 3.63) is 11.6 Å². The molecule has 0 amide bonds. The molecule has 1 aliphatic heterocycles. The van der Waals surface area contributed by atoms with E-state index in [0.29, 0.717) is 25.7 Å². The number of esters is 2. The molecule has 6 nitrogen and oxygen atoms in total. The molecule has 4 aliphatic carbocycles. The smallest absolute Gasteiger partial charge is 0.312 e. The van der Waals surface area contributed by atoms with Gasteiger partial charge in [0.25, 0.3) is 0 Å². The number of allylic oxidation sites excluding steroid dienone is 1. The second kappa shape index (κ2) is 6.79. The number of ether oxygens (including phenoxy) is 2. The van der Waals surface area contributed by atoms with Gasteiger partial charge in [0.1, 0.15) is 5.60 Å². The summed E-state index contributed by atoms with van der Waals surface area (Å²) in [6.45, 7) is 14.2. The highest BCUT2D eigenvalue weighted by atomic mass is 16.6. The first-order valence-corrected chi connectivity index (χ1v) is 13.3. The summed E-state index contributed by atoms with van der Waals surface area (Å²) in [5, 5.41) is 12.6. The number of hydrogen-bond donors (Lipinski definition) is 1. The van der Waals surface area contributed by atoms with E-state index in [4.69, 9.17) is 9.47 Å². The molecule has 0 bridgehead atoms. The Morgan fingerprint density at radius 3 is 2.26 bits per heavy atom. The Morgan fingerprint density at radius 1 is 1.00 bits per heavy atom. The number of ketones is 1. The Kier molecular flexibility index (Phi) is 4.84. The average molecular weight is 487 g/mol. The van der Waals surface area contributed by atoms with Crippen LogP contribution in [0.4, 0.5) is 0 Å². The van der Waals surface area contributed by atoms with E-state index in [1.54, 1.807) is 13.0 Å². The lowest BCUT2D eigenvalue weighted by Gasteiger charge is -2.69. The van der Waals surface area contributed by atoms with Crippen molar-refractivity contribution < 1.29 is 29.0 Å². The maximum atomic E-state index is 14.2. The molecule has 194 valence electrons. The minimum atomic E-state index is -1.83. The summed E-state index contributed by atoms with van der Waals surface area (Å²) in [6, 6.07) is 0. The van der Waals surface area contributed by atoms with Crippen molar-refractivity contribution in [2.75, 3.05) is 7.11 Å². The molecule has 0 unspecified atom stereocenters. The van der Waals surface area contributed by atoms with Crippen LogP contribution in [0.2, 0.25) is 0 Å². The Bertz CT molecular complexity index is 1060. The van der Waals surface area contributed by atoms with Crippen molar-refractivity contribution in [2.45, 2.75) is 105 Å². The molecule has 5 rings (SSSR count). The molecule has 35 heavy (non-hydrogen) atoms. The quantitative estimate of drug-likeness (QED) is 0.537. The summed E-state index contributed by atoms with van der Waals surface area (Å²) in [7, 11) is 1.46. The Morgan fingerprint density at radius 2 is 1.63 bits per heavy atom. The van der Waals surface area contributed by atoms with Crippen LogP contribution in [-0.4, -0.2) is 41.1 Å². The average Bonchev–Trinajstić information content (AvgIpc) is 2.96. The lowest BCUT2D eigenvalue weighted by molar-refractivity contribution is -0.263. The fraction of sp³-hybridized carbons (Fsp3) is 0.828. The van der Waals surface area contributed by atoms with Crippen LogP contribution in [0.1, 0.15) is 93.4 Å². The summed E-state index contributed by atoms with van der Waals surface area (Å²) in [4.78, 5) is 40.4. The number of aliphatic hydroxyl groups is 1. The highest BCUT2D eigenvalue weighted by Gasteiger charge is 2.80. The molecule has 0 spiro atoms. The van der Waals surface area contributed by atoms with Gasteiger partial charge < -0.3 is 14.6 Å². The van der Waals surface area contributed by atoms with E-state index in [1.165, 1.54) is 7.11 Å². The summed E-state index contributed by atoms with van der Waals surface area (Å²) < 4.78 is 11.4. The van der Waals surface area contributed by atoms with Crippen molar-refractivity contribution in [3.63, 3.8) is 0 Å². The van der Waals surface area contributed by atoms with Crippen molar-refractivity contribution in [2.24, 2.45) is 38.9 Å². The Balaban J connectivity index is 1.71. The van der Waals surface area contributed by atoms with Gasteiger partial charge in [-0.15, -0.1) is 0 Å². The molecule has 1 N–H and O–H groups in total. The van der Waals surface area contributed by atoms with Gasteiger partial charge in [-0.2, -0.15) is 0 Å². The van der Waals surface area contributed by atoms with Crippen LogP contribution >= 0.6 is 0 Å². The highest BCUT2D eigenvalue weighted by Crippen LogP contribution is 2.74. The van der Waals surface area contributed by atoms with E-state index in [1.807, 2.05) is 20.8 Å². The number of hydrogen-bond acceptors (Lipinski definition) is 6. The number of methoxy groups -OCH3 is 1. The third-order valence-electron chi connectivity index (χ3n) is 12.0. The molecular formula is C29H42O6. The number of fused-ring (bicyclic) bond motifs is 7. The number of rotatable bonds is 1. The van der Waals surface area contributed by atoms with E-state index in [9.17, 15) is 19.5 Å². The van der Waals surface area contributed by atoms with E-state index in [0.717, 1.165) is 24.8 Å². The zero-order valence-corrected chi connectivity index (χ0v) is 22.7. The third kappa shape index (κ3) is 2.58. The second-order valence-corrected chi connectivity index (χ2v) is 14.2.